The summed E-state index contributed by atoms with van der Waals surface area (Å²) in [6.45, 7) is 3.08. The number of fused-ring (bicyclic) bond motifs is 1. The zero-order valence-electron chi connectivity index (χ0n) is 14.0. The van der Waals surface area contributed by atoms with Crippen LogP contribution in [0.4, 0.5) is 5.13 Å². The van der Waals surface area contributed by atoms with Gasteiger partial charge in [-0.15, -0.1) is 10.2 Å². The fourth-order valence-corrected chi connectivity index (χ4v) is 4.61. The molecule has 0 amide bonds. The highest BCUT2D eigenvalue weighted by Gasteiger charge is 2.29. The third-order valence-corrected chi connectivity index (χ3v) is 5.92. The van der Waals surface area contributed by atoms with Crippen molar-refractivity contribution in [1.29, 1.82) is 0 Å². The Kier molecular flexibility index (Phi) is 3.73. The molecule has 6 nitrogen and oxygen atoms in total. The van der Waals surface area contributed by atoms with E-state index < -0.39 is 0 Å². The summed E-state index contributed by atoms with van der Waals surface area (Å²) in [6.07, 6.45) is 4.61. The van der Waals surface area contributed by atoms with Gasteiger partial charge in [0.15, 0.2) is 5.82 Å². The number of aromatic nitrogens is 5. The van der Waals surface area contributed by atoms with Gasteiger partial charge in [-0.2, -0.15) is 9.36 Å². The van der Waals surface area contributed by atoms with Gasteiger partial charge in [0, 0.05) is 49.1 Å². The summed E-state index contributed by atoms with van der Waals surface area (Å²) in [5, 5.41) is 9.90. The fourth-order valence-electron chi connectivity index (χ4n) is 3.89. The average Bonchev–Trinajstić information content (AvgIpc) is 3.39. The van der Waals surface area contributed by atoms with Crippen molar-refractivity contribution < 1.29 is 0 Å². The molecule has 0 radical (unpaired) electrons. The maximum atomic E-state index is 4.78. The Morgan fingerprint density at radius 3 is 2.88 bits per heavy atom. The molecule has 25 heavy (non-hydrogen) atoms. The zero-order chi connectivity index (χ0) is 16.6. The van der Waals surface area contributed by atoms with E-state index >= 15 is 0 Å². The molecule has 1 saturated heterocycles. The normalized spacial score (nSPS) is 20.0. The summed E-state index contributed by atoms with van der Waals surface area (Å²) in [5.41, 5.74) is 1.08. The highest BCUT2D eigenvalue weighted by molar-refractivity contribution is 7.09. The van der Waals surface area contributed by atoms with Crippen LogP contribution in [0.5, 0.6) is 0 Å². The minimum Gasteiger partial charge on any atom is -0.346 e. The molecule has 0 N–H and O–H groups in total. The Labute approximate surface area is 150 Å². The van der Waals surface area contributed by atoms with E-state index in [1.54, 1.807) is 0 Å². The van der Waals surface area contributed by atoms with Crippen LogP contribution in [0, 0.1) is 0 Å². The Hall–Kier alpha value is -2.28. The van der Waals surface area contributed by atoms with Crippen molar-refractivity contribution in [2.24, 2.45) is 0 Å². The highest BCUT2D eigenvalue weighted by Crippen LogP contribution is 2.32. The molecule has 1 aromatic carbocycles. The SMILES string of the molecule is c1ccc(-c2nsc(N3CCCC(c4nnc5n4CCC5)C3)n2)cc1. The van der Waals surface area contributed by atoms with Crippen LogP contribution in [0.25, 0.3) is 11.4 Å². The van der Waals surface area contributed by atoms with Gasteiger partial charge in [0.1, 0.15) is 11.6 Å². The quantitative estimate of drug-likeness (QED) is 0.725. The average molecular weight is 352 g/mol. The van der Waals surface area contributed by atoms with Crippen molar-refractivity contribution >= 4 is 16.7 Å². The fraction of sp³-hybridized carbons (Fsp3) is 0.444. The Bertz CT molecular complexity index is 871. The monoisotopic (exact) mass is 352 g/mol. The van der Waals surface area contributed by atoms with Crippen molar-refractivity contribution in [2.75, 3.05) is 18.0 Å². The van der Waals surface area contributed by atoms with E-state index in [1.165, 1.54) is 30.2 Å². The number of hydrogen-bond donors (Lipinski definition) is 0. The van der Waals surface area contributed by atoms with Gasteiger partial charge >= 0.3 is 0 Å². The standard InChI is InChI=1S/C18H20N6S/c1-2-6-13(7-3-1)16-19-18(25-22-16)23-10-4-8-14(12-23)17-21-20-15-9-5-11-24(15)17/h1-3,6-7,14H,4-5,8-12H2. The molecule has 7 heteroatoms. The van der Waals surface area contributed by atoms with Crippen molar-refractivity contribution in [3.8, 4) is 11.4 Å². The van der Waals surface area contributed by atoms with E-state index in [1.807, 2.05) is 18.2 Å². The van der Waals surface area contributed by atoms with E-state index in [9.17, 15) is 0 Å². The predicted molar refractivity (Wildman–Crippen MR) is 97.9 cm³/mol. The van der Waals surface area contributed by atoms with Gasteiger partial charge in [-0.05, 0) is 19.3 Å². The first-order chi connectivity index (χ1) is 12.4. The lowest BCUT2D eigenvalue weighted by Crippen LogP contribution is -2.35. The van der Waals surface area contributed by atoms with Crippen LogP contribution in [0.3, 0.4) is 0 Å². The van der Waals surface area contributed by atoms with Crippen LogP contribution in [0.15, 0.2) is 30.3 Å². The molecule has 0 bridgehead atoms. The molecule has 2 aliphatic heterocycles. The van der Waals surface area contributed by atoms with Crippen LogP contribution < -0.4 is 4.90 Å². The zero-order valence-corrected chi connectivity index (χ0v) is 14.8. The van der Waals surface area contributed by atoms with E-state index in [2.05, 4.69) is 36.2 Å². The Morgan fingerprint density at radius 1 is 1.04 bits per heavy atom. The van der Waals surface area contributed by atoms with Gasteiger partial charge in [0.05, 0.1) is 0 Å². The first-order valence-corrected chi connectivity index (χ1v) is 9.72. The number of piperidine rings is 1. The minimum absolute atomic E-state index is 0.442. The van der Waals surface area contributed by atoms with Gasteiger partial charge in [0.25, 0.3) is 0 Å². The van der Waals surface area contributed by atoms with Gasteiger partial charge in [0.2, 0.25) is 5.13 Å². The molecule has 2 aliphatic rings. The third kappa shape index (κ3) is 2.72. The summed E-state index contributed by atoms with van der Waals surface area (Å²) >= 11 is 1.50. The minimum atomic E-state index is 0.442. The van der Waals surface area contributed by atoms with Gasteiger partial charge < -0.3 is 9.47 Å². The molecule has 128 valence electrons. The summed E-state index contributed by atoms with van der Waals surface area (Å²) in [4.78, 5) is 7.15. The molecule has 0 spiro atoms. The van der Waals surface area contributed by atoms with E-state index in [-0.39, 0.29) is 0 Å². The van der Waals surface area contributed by atoms with Crippen LogP contribution in [0.1, 0.15) is 36.8 Å². The molecular formula is C18H20N6S. The predicted octanol–water partition coefficient (Wildman–Crippen LogP) is 3.13. The van der Waals surface area contributed by atoms with Crippen LogP contribution in [-0.2, 0) is 13.0 Å². The molecule has 1 fully saturated rings. The second-order valence-electron chi connectivity index (χ2n) is 6.78. The summed E-state index contributed by atoms with van der Waals surface area (Å²) in [6, 6.07) is 10.2. The van der Waals surface area contributed by atoms with Crippen LogP contribution in [0.2, 0.25) is 0 Å². The molecule has 5 rings (SSSR count). The van der Waals surface area contributed by atoms with Gasteiger partial charge in [-0.25, -0.2) is 0 Å². The first kappa shape index (κ1) is 15.0. The highest BCUT2D eigenvalue weighted by atomic mass is 32.1. The number of hydrogen-bond acceptors (Lipinski definition) is 6. The number of anilines is 1. The van der Waals surface area contributed by atoms with Crippen molar-refractivity contribution in [2.45, 2.75) is 38.1 Å². The molecule has 0 saturated carbocycles. The Balaban J connectivity index is 1.37. The van der Waals surface area contributed by atoms with E-state index in [0.717, 1.165) is 54.8 Å². The number of rotatable bonds is 3. The van der Waals surface area contributed by atoms with Crippen molar-refractivity contribution in [3.63, 3.8) is 0 Å². The molecule has 3 aromatic rings. The second-order valence-corrected chi connectivity index (χ2v) is 7.51. The van der Waals surface area contributed by atoms with Gasteiger partial charge in [-0.3, -0.25) is 0 Å². The molecule has 1 unspecified atom stereocenters. The lowest BCUT2D eigenvalue weighted by Gasteiger charge is -2.31. The Morgan fingerprint density at radius 2 is 1.96 bits per heavy atom. The molecule has 1 atom stereocenters. The van der Waals surface area contributed by atoms with E-state index in [4.69, 9.17) is 4.98 Å². The topological polar surface area (TPSA) is 59.7 Å². The molecule has 4 heterocycles. The second kappa shape index (κ2) is 6.22. The number of nitrogens with zero attached hydrogens (tertiary/aromatic N) is 6. The summed E-state index contributed by atoms with van der Waals surface area (Å²) < 4.78 is 6.90. The largest absolute Gasteiger partial charge is 0.346 e. The smallest absolute Gasteiger partial charge is 0.205 e. The summed E-state index contributed by atoms with van der Waals surface area (Å²) in [5.74, 6) is 3.60. The first-order valence-electron chi connectivity index (χ1n) is 8.94. The van der Waals surface area contributed by atoms with Crippen LogP contribution in [-0.4, -0.2) is 37.2 Å². The van der Waals surface area contributed by atoms with Crippen molar-refractivity contribution in [1.82, 2.24) is 24.1 Å². The number of benzene rings is 1. The maximum absolute atomic E-state index is 4.78. The molecule has 0 aliphatic carbocycles. The maximum Gasteiger partial charge on any atom is 0.205 e. The molecule has 2 aromatic heterocycles. The van der Waals surface area contributed by atoms with Crippen LogP contribution >= 0.6 is 11.5 Å². The van der Waals surface area contributed by atoms with Crippen molar-refractivity contribution in [3.05, 3.63) is 42.0 Å². The summed E-state index contributed by atoms with van der Waals surface area (Å²) in [7, 11) is 0. The molecular weight excluding hydrogens is 332 g/mol. The third-order valence-electron chi connectivity index (χ3n) is 5.14. The lowest BCUT2D eigenvalue weighted by atomic mass is 9.97. The van der Waals surface area contributed by atoms with E-state index in [0.29, 0.717) is 5.92 Å². The van der Waals surface area contributed by atoms with Gasteiger partial charge in [-0.1, -0.05) is 30.3 Å². The lowest BCUT2D eigenvalue weighted by molar-refractivity contribution is 0.473. The number of aryl methyl sites for hydroxylation is 1.